The molecule has 0 bridgehead atoms. The second-order valence-corrected chi connectivity index (χ2v) is 8.01. The minimum absolute atomic E-state index is 0.529. The highest BCUT2D eigenvalue weighted by Gasteiger charge is 2.20. The SMILES string of the molecule is COc1cc(OC)c(-c2cc(C)nc3nc(SCc4ccc(C)cc4)nn23)c(OC)c1. The summed E-state index contributed by atoms with van der Waals surface area (Å²) < 4.78 is 18.4. The molecule has 4 rings (SSSR count). The lowest BCUT2D eigenvalue weighted by molar-refractivity contribution is 0.377. The Kier molecular flexibility index (Phi) is 5.99. The zero-order valence-corrected chi connectivity index (χ0v) is 19.0. The van der Waals surface area contributed by atoms with Crippen LogP contribution in [-0.4, -0.2) is 40.9 Å². The topological polar surface area (TPSA) is 70.8 Å². The Morgan fingerprint density at radius 1 is 0.871 bits per heavy atom. The predicted molar refractivity (Wildman–Crippen MR) is 121 cm³/mol. The molecule has 2 aromatic carbocycles. The summed E-state index contributed by atoms with van der Waals surface area (Å²) in [4.78, 5) is 9.20. The van der Waals surface area contributed by atoms with E-state index in [1.54, 1.807) is 37.6 Å². The number of benzene rings is 2. The van der Waals surface area contributed by atoms with Gasteiger partial charge in [-0.1, -0.05) is 41.6 Å². The molecule has 0 aliphatic heterocycles. The van der Waals surface area contributed by atoms with Crippen LogP contribution in [0.5, 0.6) is 17.2 Å². The number of ether oxygens (including phenoxy) is 3. The molecule has 0 saturated heterocycles. The van der Waals surface area contributed by atoms with Crippen molar-refractivity contribution >= 4 is 17.5 Å². The van der Waals surface area contributed by atoms with E-state index in [-0.39, 0.29) is 0 Å². The van der Waals surface area contributed by atoms with E-state index in [2.05, 4.69) is 41.2 Å². The van der Waals surface area contributed by atoms with Crippen LogP contribution < -0.4 is 14.2 Å². The van der Waals surface area contributed by atoms with E-state index in [4.69, 9.17) is 19.3 Å². The molecule has 31 heavy (non-hydrogen) atoms. The molecule has 0 aliphatic rings. The molecule has 0 spiro atoms. The highest BCUT2D eigenvalue weighted by Crippen LogP contribution is 2.42. The van der Waals surface area contributed by atoms with E-state index in [1.165, 1.54) is 11.1 Å². The van der Waals surface area contributed by atoms with Crippen molar-refractivity contribution in [2.45, 2.75) is 24.8 Å². The maximum atomic E-state index is 5.65. The number of nitrogens with zero attached hydrogens (tertiary/aromatic N) is 4. The van der Waals surface area contributed by atoms with E-state index >= 15 is 0 Å². The maximum Gasteiger partial charge on any atom is 0.253 e. The summed E-state index contributed by atoms with van der Waals surface area (Å²) in [6.45, 7) is 4.01. The molecule has 2 heterocycles. The number of fused-ring (bicyclic) bond motifs is 1. The van der Waals surface area contributed by atoms with Gasteiger partial charge >= 0.3 is 0 Å². The van der Waals surface area contributed by atoms with E-state index in [0.29, 0.717) is 28.2 Å². The van der Waals surface area contributed by atoms with Gasteiger partial charge in [0.1, 0.15) is 17.2 Å². The van der Waals surface area contributed by atoms with Crippen LogP contribution in [0.15, 0.2) is 47.6 Å². The Balaban J connectivity index is 1.78. The summed E-state index contributed by atoms with van der Waals surface area (Å²) in [6, 6.07) is 14.1. The van der Waals surface area contributed by atoms with Crippen LogP contribution in [0.1, 0.15) is 16.8 Å². The molecule has 2 aromatic heterocycles. The van der Waals surface area contributed by atoms with Crippen LogP contribution in [0.2, 0.25) is 0 Å². The van der Waals surface area contributed by atoms with Crippen LogP contribution in [0, 0.1) is 13.8 Å². The van der Waals surface area contributed by atoms with Gasteiger partial charge < -0.3 is 14.2 Å². The molecule has 0 N–H and O–H groups in total. The highest BCUT2D eigenvalue weighted by molar-refractivity contribution is 7.98. The third-order valence-electron chi connectivity index (χ3n) is 4.88. The van der Waals surface area contributed by atoms with Crippen molar-refractivity contribution in [1.82, 2.24) is 19.6 Å². The Morgan fingerprint density at radius 3 is 2.16 bits per heavy atom. The smallest absolute Gasteiger partial charge is 0.253 e. The molecule has 0 amide bonds. The third-order valence-corrected chi connectivity index (χ3v) is 5.79. The second kappa shape index (κ2) is 8.85. The summed E-state index contributed by atoms with van der Waals surface area (Å²) in [7, 11) is 4.85. The number of thioether (sulfide) groups is 1. The van der Waals surface area contributed by atoms with Crippen LogP contribution in [-0.2, 0) is 5.75 Å². The van der Waals surface area contributed by atoms with Crippen molar-refractivity contribution in [2.24, 2.45) is 0 Å². The van der Waals surface area contributed by atoms with Gasteiger partial charge in [0.2, 0.25) is 5.16 Å². The lowest BCUT2D eigenvalue weighted by atomic mass is 10.1. The largest absolute Gasteiger partial charge is 0.496 e. The zero-order valence-electron chi connectivity index (χ0n) is 18.2. The van der Waals surface area contributed by atoms with Gasteiger partial charge in [-0.25, -0.2) is 4.98 Å². The standard InChI is InChI=1S/C23H24N4O3S/c1-14-6-8-16(9-7-14)13-31-23-25-22-24-15(2)10-18(27(22)26-23)21-19(29-4)11-17(28-3)12-20(21)30-5/h6-12H,13H2,1-5H3. The zero-order chi connectivity index (χ0) is 22.0. The number of rotatable bonds is 7. The van der Waals surface area contributed by atoms with Crippen molar-refractivity contribution in [1.29, 1.82) is 0 Å². The number of hydrogen-bond donors (Lipinski definition) is 0. The van der Waals surface area contributed by atoms with Crippen LogP contribution in [0.3, 0.4) is 0 Å². The lowest BCUT2D eigenvalue weighted by Gasteiger charge is -2.16. The molecule has 0 radical (unpaired) electrons. The van der Waals surface area contributed by atoms with Crippen molar-refractivity contribution in [3.63, 3.8) is 0 Å². The van der Waals surface area contributed by atoms with Crippen LogP contribution in [0.25, 0.3) is 17.0 Å². The molecule has 0 aliphatic carbocycles. The highest BCUT2D eigenvalue weighted by atomic mass is 32.2. The van der Waals surface area contributed by atoms with Gasteiger partial charge in [-0.05, 0) is 25.5 Å². The average molecular weight is 437 g/mol. The normalized spacial score (nSPS) is 11.0. The first kappa shape index (κ1) is 21.0. The Morgan fingerprint density at radius 2 is 1.55 bits per heavy atom. The summed E-state index contributed by atoms with van der Waals surface area (Å²) >= 11 is 1.58. The van der Waals surface area contributed by atoms with E-state index in [9.17, 15) is 0 Å². The molecular weight excluding hydrogens is 412 g/mol. The minimum Gasteiger partial charge on any atom is -0.496 e. The monoisotopic (exact) mass is 436 g/mol. The molecule has 0 fully saturated rings. The van der Waals surface area contributed by atoms with Crippen LogP contribution in [0.4, 0.5) is 0 Å². The Bertz CT molecular complexity index is 1200. The first-order valence-corrected chi connectivity index (χ1v) is 10.7. The summed E-state index contributed by atoms with van der Waals surface area (Å²) in [5, 5.41) is 5.38. The Labute approximate surface area is 185 Å². The van der Waals surface area contributed by atoms with Gasteiger partial charge in [0.15, 0.2) is 0 Å². The minimum atomic E-state index is 0.529. The molecule has 0 unspecified atom stereocenters. The maximum absolute atomic E-state index is 5.65. The number of hydrogen-bond acceptors (Lipinski definition) is 7. The van der Waals surface area contributed by atoms with Gasteiger partial charge in [-0.2, -0.15) is 9.50 Å². The molecule has 0 atom stereocenters. The first-order chi connectivity index (χ1) is 15.0. The van der Waals surface area contributed by atoms with E-state index in [0.717, 1.165) is 22.7 Å². The molecule has 7 nitrogen and oxygen atoms in total. The average Bonchev–Trinajstić information content (AvgIpc) is 3.19. The quantitative estimate of drug-likeness (QED) is 0.388. The van der Waals surface area contributed by atoms with Crippen molar-refractivity contribution in [2.75, 3.05) is 21.3 Å². The van der Waals surface area contributed by atoms with Crippen molar-refractivity contribution in [3.05, 3.63) is 59.3 Å². The molecule has 160 valence electrons. The van der Waals surface area contributed by atoms with Gasteiger partial charge in [0.25, 0.3) is 5.78 Å². The Hall–Kier alpha value is -3.26. The second-order valence-electron chi connectivity index (χ2n) is 7.07. The van der Waals surface area contributed by atoms with E-state index < -0.39 is 0 Å². The van der Waals surface area contributed by atoms with Gasteiger partial charge in [0, 0.05) is 23.6 Å². The fraction of sp³-hybridized carbons (Fsp3) is 0.261. The van der Waals surface area contributed by atoms with Gasteiger partial charge in [0.05, 0.1) is 32.6 Å². The fourth-order valence-corrected chi connectivity index (χ4v) is 4.07. The lowest BCUT2D eigenvalue weighted by Crippen LogP contribution is -2.02. The van der Waals surface area contributed by atoms with Crippen molar-refractivity contribution < 1.29 is 14.2 Å². The van der Waals surface area contributed by atoms with Crippen molar-refractivity contribution in [3.8, 4) is 28.5 Å². The van der Waals surface area contributed by atoms with Crippen LogP contribution >= 0.6 is 11.8 Å². The molecular formula is C23H24N4O3S. The molecule has 8 heteroatoms. The molecule has 4 aromatic rings. The number of aryl methyl sites for hydroxylation is 2. The fourth-order valence-electron chi connectivity index (χ4n) is 3.30. The number of aromatic nitrogens is 4. The van der Waals surface area contributed by atoms with Gasteiger partial charge in [-0.15, -0.1) is 5.10 Å². The summed E-state index contributed by atoms with van der Waals surface area (Å²) in [5.41, 5.74) is 4.84. The predicted octanol–water partition coefficient (Wildman–Crippen LogP) is 4.73. The number of methoxy groups -OCH3 is 3. The summed E-state index contributed by atoms with van der Waals surface area (Å²) in [5.74, 6) is 3.19. The molecule has 0 saturated carbocycles. The third kappa shape index (κ3) is 4.29. The van der Waals surface area contributed by atoms with Gasteiger partial charge in [-0.3, -0.25) is 0 Å². The summed E-state index contributed by atoms with van der Waals surface area (Å²) in [6.07, 6.45) is 0. The first-order valence-electron chi connectivity index (χ1n) is 9.75. The van der Waals surface area contributed by atoms with E-state index in [1.807, 2.05) is 25.1 Å².